The van der Waals surface area contributed by atoms with Crippen LogP contribution in [0.5, 0.6) is 0 Å². The van der Waals surface area contributed by atoms with E-state index in [0.717, 1.165) is 0 Å². The van der Waals surface area contributed by atoms with Gasteiger partial charge in [0.1, 0.15) is 0 Å². The average molecular weight is 188 g/mol. The zero-order chi connectivity index (χ0) is 3.58. The van der Waals surface area contributed by atoms with Crippen LogP contribution in [0, 0.1) is 0 Å². The van der Waals surface area contributed by atoms with E-state index in [4.69, 9.17) is 8.76 Å². The summed E-state index contributed by atoms with van der Waals surface area (Å²) >= 11 is 0. The maximum atomic E-state index is 8.77. The third-order valence-corrected chi connectivity index (χ3v) is 0. The zero-order valence-corrected chi connectivity index (χ0v) is 6.59. The van der Waals surface area contributed by atoms with Gasteiger partial charge in [-0.25, -0.2) is 0 Å². The second-order valence-corrected chi connectivity index (χ2v) is 1.34. The van der Waals surface area contributed by atoms with Crippen LogP contribution in [0.4, 0.5) is 0 Å². The van der Waals surface area contributed by atoms with E-state index in [9.17, 15) is 0 Å². The van der Waals surface area contributed by atoms with Crippen molar-refractivity contribution >= 4 is 21.0 Å². The van der Waals surface area contributed by atoms with Crippen molar-refractivity contribution in [1.82, 2.24) is 0 Å². The molecule has 5 heteroatoms. The topological polar surface area (TPSA) is 40.1 Å². The van der Waals surface area contributed by atoms with Gasteiger partial charge >= 0.3 is 0 Å². The van der Waals surface area contributed by atoms with E-state index < -0.39 is 10.3 Å². The molecule has 0 aromatic carbocycles. The second-order valence-electron chi connectivity index (χ2n) is 0.194. The van der Waals surface area contributed by atoms with E-state index in [1.165, 1.54) is 0 Å². The number of hydrogen-bond acceptors (Lipinski definition) is 2. The summed E-state index contributed by atoms with van der Waals surface area (Å²) in [5, 5.41) is 0. The van der Waals surface area contributed by atoms with Crippen molar-refractivity contribution < 1.29 is 41.5 Å². The molecule has 5 heavy (non-hydrogen) atoms. The molecular formula is ClO2SY-. The minimum atomic E-state index is -2.39. The van der Waals surface area contributed by atoms with Crippen molar-refractivity contribution in [2.75, 3.05) is 0 Å². The third kappa shape index (κ3) is 29.9. The molecule has 0 N–H and O–H groups in total. The summed E-state index contributed by atoms with van der Waals surface area (Å²) in [6, 6.07) is 0. The Morgan fingerprint density at radius 3 is 1.80 bits per heavy atom. The Labute approximate surface area is 61.9 Å². The molecule has 2 nitrogen and oxygen atoms in total. The summed E-state index contributed by atoms with van der Waals surface area (Å²) in [7, 11) is 1.80. The summed E-state index contributed by atoms with van der Waals surface area (Å²) in [5.41, 5.74) is 0. The van der Waals surface area contributed by atoms with Crippen molar-refractivity contribution in [2.45, 2.75) is 0 Å². The molecule has 0 aliphatic carbocycles. The summed E-state index contributed by atoms with van der Waals surface area (Å²) in [4.78, 5) is 0. The van der Waals surface area contributed by atoms with Crippen LogP contribution in [0.2, 0.25) is 0 Å². The zero-order valence-electron chi connectivity index (χ0n) is 2.18. The van der Waals surface area contributed by atoms with Gasteiger partial charge in [0.2, 0.25) is 0 Å². The van der Waals surface area contributed by atoms with Crippen LogP contribution in [0.25, 0.3) is 0 Å². The van der Waals surface area contributed by atoms with Gasteiger partial charge in [-0.1, -0.05) is 0 Å². The van der Waals surface area contributed by atoms with Crippen LogP contribution >= 0.6 is 10.7 Å². The van der Waals surface area contributed by atoms with Gasteiger partial charge in [0.25, 0.3) is 0 Å². The minimum Gasteiger partial charge on any atom is -0.760 e. The predicted molar refractivity (Wildman–Crippen MR) is 14.8 cm³/mol. The Morgan fingerprint density at radius 1 is 1.80 bits per heavy atom. The summed E-state index contributed by atoms with van der Waals surface area (Å²) in [6.45, 7) is 0. The van der Waals surface area contributed by atoms with Crippen molar-refractivity contribution in [1.29, 1.82) is 0 Å². The first-order valence-electron chi connectivity index (χ1n) is 0.488. The van der Waals surface area contributed by atoms with Gasteiger partial charge in [-0.15, -0.1) is 0 Å². The van der Waals surface area contributed by atoms with Crippen molar-refractivity contribution in [3.05, 3.63) is 0 Å². The summed E-state index contributed by atoms with van der Waals surface area (Å²) in [5.74, 6) is 0. The van der Waals surface area contributed by atoms with E-state index in [-0.39, 0.29) is 32.7 Å². The van der Waals surface area contributed by atoms with Gasteiger partial charge < -0.3 is 4.55 Å². The van der Waals surface area contributed by atoms with E-state index in [2.05, 4.69) is 10.7 Å². The average Bonchev–Trinajstić information content (AvgIpc) is 0.811. The predicted octanol–water partition coefficient (Wildman–Crippen LogP) is 0.0168. The van der Waals surface area contributed by atoms with Crippen LogP contribution in [0.15, 0.2) is 0 Å². The Hall–Kier alpha value is 1.50. The third-order valence-electron chi connectivity index (χ3n) is 0. The molecule has 0 fully saturated rings. The molecule has 0 bridgehead atoms. The number of rotatable bonds is 0. The van der Waals surface area contributed by atoms with Crippen LogP contribution in [0.1, 0.15) is 0 Å². The summed E-state index contributed by atoms with van der Waals surface area (Å²) < 4.78 is 17.5. The molecule has 0 rings (SSSR count). The van der Waals surface area contributed by atoms with Gasteiger partial charge in [-0.2, -0.15) is 0 Å². The minimum absolute atomic E-state index is 0. The summed E-state index contributed by atoms with van der Waals surface area (Å²) in [6.07, 6.45) is 0. The smallest absolute Gasteiger partial charge is 0.0422 e. The quantitative estimate of drug-likeness (QED) is 0.397. The Morgan fingerprint density at radius 2 is 1.80 bits per heavy atom. The van der Waals surface area contributed by atoms with Crippen LogP contribution in [-0.2, 0) is 43.0 Å². The van der Waals surface area contributed by atoms with Crippen LogP contribution in [-0.4, -0.2) is 8.76 Å². The van der Waals surface area contributed by atoms with Gasteiger partial charge in [0, 0.05) is 43.0 Å². The van der Waals surface area contributed by atoms with E-state index >= 15 is 0 Å². The molecule has 1 atom stereocenters. The first-order valence-corrected chi connectivity index (χ1v) is 2.39. The van der Waals surface area contributed by atoms with E-state index in [1.54, 1.807) is 0 Å². The molecule has 0 saturated heterocycles. The Bertz CT molecular complexity index is 32.6. The molecule has 0 aromatic rings. The normalized spacial score (nSPS) is 12.4. The van der Waals surface area contributed by atoms with E-state index in [1.807, 2.05) is 0 Å². The number of hydrogen-bond donors (Lipinski definition) is 0. The van der Waals surface area contributed by atoms with Crippen LogP contribution < -0.4 is 0 Å². The fourth-order valence-electron chi connectivity index (χ4n) is 0. The standard InChI is InChI=1S/ClHO2S.Y/c1-4(2)3;/h(H,2,3);/p-1. The van der Waals surface area contributed by atoms with Gasteiger partial charge in [0.15, 0.2) is 0 Å². The van der Waals surface area contributed by atoms with Crippen molar-refractivity contribution in [2.24, 2.45) is 0 Å². The SMILES string of the molecule is O=S([O-])Cl.[Y]. The molecular weight excluding hydrogens is 188 g/mol. The van der Waals surface area contributed by atoms with Gasteiger partial charge in [-0.05, 0) is 10.7 Å². The van der Waals surface area contributed by atoms with E-state index in [0.29, 0.717) is 0 Å². The molecule has 0 aliphatic rings. The molecule has 0 aliphatic heterocycles. The molecule has 0 amide bonds. The second kappa shape index (κ2) is 5.50. The molecule has 0 saturated carbocycles. The molecule has 0 heterocycles. The maximum Gasteiger partial charge on any atom is 0.0422 e. The molecule has 29 valence electrons. The molecule has 0 spiro atoms. The largest absolute Gasteiger partial charge is 0.760 e. The molecule has 0 aromatic heterocycles. The molecule has 1 unspecified atom stereocenters. The first kappa shape index (κ1) is 9.71. The fourth-order valence-corrected chi connectivity index (χ4v) is 0. The van der Waals surface area contributed by atoms with Crippen molar-refractivity contribution in [3.8, 4) is 0 Å². The monoisotopic (exact) mass is 188 g/mol. The Kier molecular flexibility index (Phi) is 10.7. The Balaban J connectivity index is 0. The van der Waals surface area contributed by atoms with Gasteiger partial charge in [0.05, 0.1) is 0 Å². The van der Waals surface area contributed by atoms with Gasteiger partial charge in [-0.3, -0.25) is 4.21 Å². The first-order chi connectivity index (χ1) is 1.73. The van der Waals surface area contributed by atoms with Crippen molar-refractivity contribution in [3.63, 3.8) is 0 Å². The van der Waals surface area contributed by atoms with Crippen LogP contribution in [0.3, 0.4) is 0 Å². The number of halogens is 1. The fraction of sp³-hybridized carbons (Fsp3) is 0. The molecule has 1 radical (unpaired) electrons. The maximum absolute atomic E-state index is 8.77.